The molecule has 1 aromatic carbocycles. The van der Waals surface area contributed by atoms with E-state index in [9.17, 15) is 4.79 Å². The number of amides is 1. The first-order valence-corrected chi connectivity index (χ1v) is 12.1. The molecule has 0 radical (unpaired) electrons. The van der Waals surface area contributed by atoms with Crippen LogP contribution in [0.2, 0.25) is 0 Å². The van der Waals surface area contributed by atoms with E-state index in [0.717, 1.165) is 41.2 Å². The number of anilines is 2. The molecule has 1 saturated heterocycles. The van der Waals surface area contributed by atoms with Crippen LogP contribution in [0.1, 0.15) is 59.4 Å². The van der Waals surface area contributed by atoms with Gasteiger partial charge in [0.25, 0.3) is 0 Å². The van der Waals surface area contributed by atoms with Gasteiger partial charge in [0.15, 0.2) is 0 Å². The molecule has 4 rings (SSSR count). The van der Waals surface area contributed by atoms with Crippen molar-refractivity contribution in [2.75, 3.05) is 16.4 Å². The van der Waals surface area contributed by atoms with Gasteiger partial charge in [-0.1, -0.05) is 18.1 Å². The van der Waals surface area contributed by atoms with E-state index in [2.05, 4.69) is 48.9 Å². The number of nitrogens with zero attached hydrogens (tertiary/aromatic N) is 2. The van der Waals surface area contributed by atoms with Gasteiger partial charge in [0.05, 0.1) is 5.69 Å². The Hall–Kier alpha value is -2.25. The summed E-state index contributed by atoms with van der Waals surface area (Å²) in [5.74, 6) is 9.94. The summed E-state index contributed by atoms with van der Waals surface area (Å²) in [4.78, 5) is 20.0. The first-order valence-electron chi connectivity index (χ1n) is 10.9. The summed E-state index contributed by atoms with van der Waals surface area (Å²) < 4.78 is 0. The fraction of sp³-hybridized carbons (Fsp3) is 0.462. The van der Waals surface area contributed by atoms with Crippen molar-refractivity contribution in [2.24, 2.45) is 5.92 Å². The molecule has 2 aliphatic rings. The lowest BCUT2D eigenvalue weighted by Gasteiger charge is -2.25. The minimum Gasteiger partial charge on any atom is -0.258 e. The predicted octanol–water partition coefficient (Wildman–Crippen LogP) is 6.00. The summed E-state index contributed by atoms with van der Waals surface area (Å²) in [7, 11) is 0. The summed E-state index contributed by atoms with van der Waals surface area (Å²) in [6.07, 6.45) is 6.35. The Balaban J connectivity index is 1.79. The molecule has 4 heteroatoms. The number of thioether (sulfide) groups is 1. The first-order chi connectivity index (χ1) is 14.4. The van der Waals surface area contributed by atoms with E-state index in [-0.39, 0.29) is 5.91 Å². The number of benzene rings is 1. The largest absolute Gasteiger partial charge is 0.308 e. The number of rotatable bonds is 3. The number of carbonyl (C=O) groups is 1. The van der Waals surface area contributed by atoms with E-state index in [4.69, 9.17) is 0 Å². The third-order valence-electron chi connectivity index (χ3n) is 6.11. The molecule has 2 heterocycles. The third kappa shape index (κ3) is 4.57. The van der Waals surface area contributed by atoms with Crippen molar-refractivity contribution in [1.29, 1.82) is 0 Å². The zero-order valence-corrected chi connectivity index (χ0v) is 19.2. The topological polar surface area (TPSA) is 33.2 Å². The van der Waals surface area contributed by atoms with Gasteiger partial charge in [-0.25, -0.2) is 4.98 Å². The van der Waals surface area contributed by atoms with Crippen LogP contribution in [0.25, 0.3) is 0 Å². The molecule has 1 aromatic heterocycles. The number of aromatic nitrogens is 1. The molecular weight excluding hydrogens is 388 g/mol. The molecule has 0 atom stereocenters. The van der Waals surface area contributed by atoms with Crippen LogP contribution >= 0.6 is 11.8 Å². The normalized spacial score (nSPS) is 16.7. The molecule has 156 valence electrons. The number of hydrogen-bond donors (Lipinski definition) is 0. The molecule has 0 N–H and O–H groups in total. The van der Waals surface area contributed by atoms with E-state index >= 15 is 0 Å². The molecule has 1 aliphatic heterocycles. The minimum atomic E-state index is -0.169. The van der Waals surface area contributed by atoms with Crippen molar-refractivity contribution in [1.82, 2.24) is 4.98 Å². The quantitative estimate of drug-likeness (QED) is 0.573. The lowest BCUT2D eigenvalue weighted by atomic mass is 9.99. The highest BCUT2D eigenvalue weighted by atomic mass is 32.2. The highest BCUT2D eigenvalue weighted by Gasteiger charge is 2.31. The average Bonchev–Trinajstić information content (AvgIpc) is 3.56. The van der Waals surface area contributed by atoms with Gasteiger partial charge < -0.3 is 0 Å². The van der Waals surface area contributed by atoms with Gasteiger partial charge >= 0.3 is 5.91 Å². The molecule has 3 nitrogen and oxygen atoms in total. The number of aryl methyl sites for hydroxylation is 4. The maximum absolute atomic E-state index is 13.5. The van der Waals surface area contributed by atoms with Crippen LogP contribution in [0, 0.1) is 45.5 Å². The molecule has 0 bridgehead atoms. The maximum Gasteiger partial charge on any atom is 0.308 e. The smallest absolute Gasteiger partial charge is 0.258 e. The van der Waals surface area contributed by atoms with E-state index < -0.39 is 0 Å². The second kappa shape index (κ2) is 8.86. The standard InChI is InChI=1S/C26H30N2OS/c1-17-13-20(4)26(27-16-17)28(25(29)8-5-21-9-11-30-12-10-21)24-15-19(3)18(2)14-23(24)22-6-7-22/h13-16,21-22H,6-7,9-12H2,1-4H3. The Bertz CT molecular complexity index is 1020. The van der Waals surface area contributed by atoms with E-state index in [1.807, 2.05) is 31.8 Å². The second-order valence-corrected chi connectivity index (χ2v) is 9.94. The summed E-state index contributed by atoms with van der Waals surface area (Å²) in [6, 6.07) is 6.50. The molecule has 1 aliphatic carbocycles. The second-order valence-electron chi connectivity index (χ2n) is 8.72. The van der Waals surface area contributed by atoms with Gasteiger partial charge in [-0.2, -0.15) is 11.8 Å². The van der Waals surface area contributed by atoms with Crippen LogP contribution in [0.4, 0.5) is 11.5 Å². The summed E-state index contributed by atoms with van der Waals surface area (Å²) in [5.41, 5.74) is 6.76. The Kier molecular flexibility index (Phi) is 6.20. The average molecular weight is 419 g/mol. The van der Waals surface area contributed by atoms with Crippen LogP contribution < -0.4 is 4.90 Å². The predicted molar refractivity (Wildman–Crippen MR) is 127 cm³/mol. The van der Waals surface area contributed by atoms with Crippen molar-refractivity contribution >= 4 is 29.2 Å². The highest BCUT2D eigenvalue weighted by molar-refractivity contribution is 7.99. The van der Waals surface area contributed by atoms with Crippen molar-refractivity contribution in [3.8, 4) is 11.8 Å². The highest BCUT2D eigenvalue weighted by Crippen LogP contribution is 2.46. The molecule has 0 unspecified atom stereocenters. The lowest BCUT2D eigenvalue weighted by Crippen LogP contribution is -2.27. The Labute approximate surface area is 184 Å². The zero-order chi connectivity index (χ0) is 21.3. The molecule has 1 amide bonds. The van der Waals surface area contributed by atoms with Crippen molar-refractivity contribution in [3.63, 3.8) is 0 Å². The molecule has 1 saturated carbocycles. The molecule has 2 fully saturated rings. The number of hydrogen-bond acceptors (Lipinski definition) is 3. The number of pyridine rings is 1. The lowest BCUT2D eigenvalue weighted by molar-refractivity contribution is -0.112. The van der Waals surface area contributed by atoms with E-state index in [1.165, 1.54) is 29.5 Å². The van der Waals surface area contributed by atoms with E-state index in [1.54, 1.807) is 4.90 Å². The minimum absolute atomic E-state index is 0.169. The Morgan fingerprint density at radius 2 is 1.70 bits per heavy atom. The molecule has 2 aromatic rings. The Morgan fingerprint density at radius 1 is 1.00 bits per heavy atom. The monoisotopic (exact) mass is 418 g/mol. The zero-order valence-electron chi connectivity index (χ0n) is 18.4. The fourth-order valence-electron chi connectivity index (χ4n) is 4.06. The van der Waals surface area contributed by atoms with Crippen LogP contribution in [0.15, 0.2) is 24.4 Å². The van der Waals surface area contributed by atoms with Crippen LogP contribution in [0.3, 0.4) is 0 Å². The van der Waals surface area contributed by atoms with Crippen LogP contribution in [0.5, 0.6) is 0 Å². The van der Waals surface area contributed by atoms with Crippen molar-refractivity contribution in [2.45, 2.75) is 59.3 Å². The van der Waals surface area contributed by atoms with Crippen LogP contribution in [-0.2, 0) is 4.79 Å². The van der Waals surface area contributed by atoms with Crippen molar-refractivity contribution in [3.05, 3.63) is 52.2 Å². The Morgan fingerprint density at radius 3 is 2.37 bits per heavy atom. The molecule has 0 spiro atoms. The summed E-state index contributed by atoms with van der Waals surface area (Å²) >= 11 is 1.98. The maximum atomic E-state index is 13.5. The van der Waals surface area contributed by atoms with Gasteiger partial charge in [0.1, 0.15) is 5.82 Å². The van der Waals surface area contributed by atoms with E-state index in [0.29, 0.717) is 17.7 Å². The fourth-order valence-corrected chi connectivity index (χ4v) is 5.17. The van der Waals surface area contributed by atoms with Gasteiger partial charge in [0.2, 0.25) is 0 Å². The van der Waals surface area contributed by atoms with Gasteiger partial charge in [-0.15, -0.1) is 0 Å². The SMILES string of the molecule is Cc1cnc(N(C(=O)C#CC2CCSCC2)c2cc(C)c(C)cc2C2CC2)c(C)c1. The molecular formula is C26H30N2OS. The van der Waals surface area contributed by atoms with Gasteiger partial charge in [-0.05, 0) is 111 Å². The van der Waals surface area contributed by atoms with Crippen molar-refractivity contribution < 1.29 is 4.79 Å². The molecule has 30 heavy (non-hydrogen) atoms. The van der Waals surface area contributed by atoms with Gasteiger partial charge in [0, 0.05) is 12.1 Å². The third-order valence-corrected chi connectivity index (χ3v) is 7.16. The summed E-state index contributed by atoms with van der Waals surface area (Å²) in [6.45, 7) is 8.31. The first kappa shape index (κ1) is 21.0. The van der Waals surface area contributed by atoms with Gasteiger partial charge in [-0.3, -0.25) is 9.69 Å². The van der Waals surface area contributed by atoms with Crippen LogP contribution in [-0.4, -0.2) is 22.4 Å². The summed E-state index contributed by atoms with van der Waals surface area (Å²) in [5, 5.41) is 0. The number of carbonyl (C=O) groups excluding carboxylic acids is 1.